The lowest BCUT2D eigenvalue weighted by Crippen LogP contribution is -2.15. The average Bonchev–Trinajstić information content (AvgIpc) is 1.88. The summed E-state index contributed by atoms with van der Waals surface area (Å²) in [5, 5.41) is 1.58. The molecule has 0 amide bonds. The van der Waals surface area contributed by atoms with Crippen LogP contribution in [0.1, 0.15) is 13.8 Å². The minimum absolute atomic E-state index is 0. The third-order valence-corrected chi connectivity index (χ3v) is 3.25. The van der Waals surface area contributed by atoms with E-state index in [0.29, 0.717) is 0 Å². The quantitative estimate of drug-likeness (QED) is 0.590. The van der Waals surface area contributed by atoms with Gasteiger partial charge < -0.3 is 0 Å². The summed E-state index contributed by atoms with van der Waals surface area (Å²) in [5.41, 5.74) is 0.905. The summed E-state index contributed by atoms with van der Waals surface area (Å²) in [7, 11) is 0.0234. The van der Waals surface area contributed by atoms with Gasteiger partial charge in [0.2, 0.25) is 0 Å². The van der Waals surface area contributed by atoms with Crippen molar-refractivity contribution in [3.8, 4) is 0 Å². The Hall–Kier alpha value is -0.633. The van der Waals surface area contributed by atoms with E-state index in [2.05, 4.69) is 44.2 Å². The molecule has 2 heteroatoms. The van der Waals surface area contributed by atoms with Crippen LogP contribution in [0.5, 0.6) is 0 Å². The highest BCUT2D eigenvalue weighted by Crippen LogP contribution is 1.96. The third-order valence-electron chi connectivity index (χ3n) is 1.49. The fraction of sp³-hybridized carbons (Fsp3) is 0.333. The Morgan fingerprint density at radius 3 is 2.09 bits per heavy atom. The van der Waals surface area contributed by atoms with Gasteiger partial charge in [0.1, 0.15) is 0 Å². The molecule has 0 aliphatic carbocycles. The van der Waals surface area contributed by atoms with Crippen molar-refractivity contribution in [2.75, 3.05) is 0 Å². The molecule has 0 aromatic heterocycles. The fourth-order valence-corrected chi connectivity index (χ4v) is 2.57. The van der Waals surface area contributed by atoms with E-state index in [1.54, 1.807) is 5.19 Å². The molecule has 11 heavy (non-hydrogen) atoms. The summed E-state index contributed by atoms with van der Waals surface area (Å²) >= 11 is 0. The number of rotatable bonds is 2. The van der Waals surface area contributed by atoms with Crippen LogP contribution in [0, 0.1) is 0 Å². The number of hydrogen-bond donors (Lipinski definition) is 0. The monoisotopic (exact) mass is 170 g/mol. The van der Waals surface area contributed by atoms with Gasteiger partial charge in [-0.1, -0.05) is 54.9 Å². The smallest absolute Gasteiger partial charge is 0.0572 e. The van der Waals surface area contributed by atoms with Crippen LogP contribution >= 0.6 is 0 Å². The Kier molecular flexibility index (Phi) is 4.78. The highest BCUT2D eigenvalue weighted by molar-refractivity contribution is 6.54. The van der Waals surface area contributed by atoms with Crippen molar-refractivity contribution < 1.29 is 4.70 Å². The van der Waals surface area contributed by atoms with Crippen LogP contribution in [-0.2, 0) is 0 Å². The standard InChI is InChI=1S/C9H14Si.FH/c1-8(2)10-9-6-4-3-5-7-9;/h3-8H,10H2,1-2H3;1H. The van der Waals surface area contributed by atoms with E-state index in [-0.39, 0.29) is 14.2 Å². The van der Waals surface area contributed by atoms with Gasteiger partial charge in [0.05, 0.1) is 9.52 Å². The zero-order valence-electron chi connectivity index (χ0n) is 7.08. The lowest BCUT2D eigenvalue weighted by Gasteiger charge is -2.01. The topological polar surface area (TPSA) is 0 Å². The molecule has 0 aliphatic rings. The molecule has 0 fully saturated rings. The molecule has 1 aromatic carbocycles. The minimum atomic E-state index is 0. The van der Waals surface area contributed by atoms with Crippen molar-refractivity contribution in [1.29, 1.82) is 0 Å². The van der Waals surface area contributed by atoms with Crippen LogP contribution in [-0.4, -0.2) is 9.52 Å². The maximum atomic E-state index is 2.30. The van der Waals surface area contributed by atoms with Gasteiger partial charge in [0.15, 0.2) is 0 Å². The normalized spacial score (nSPS) is 10.5. The highest BCUT2D eigenvalue weighted by Gasteiger charge is 1.95. The summed E-state index contributed by atoms with van der Waals surface area (Å²) in [6.45, 7) is 4.61. The van der Waals surface area contributed by atoms with Gasteiger partial charge >= 0.3 is 0 Å². The molecule has 0 unspecified atom stereocenters. The van der Waals surface area contributed by atoms with Crippen molar-refractivity contribution >= 4 is 14.7 Å². The Morgan fingerprint density at radius 2 is 1.64 bits per heavy atom. The largest absolute Gasteiger partial charge is 0.269 e. The van der Waals surface area contributed by atoms with Crippen LogP contribution in [0.3, 0.4) is 0 Å². The Balaban J connectivity index is 0.000001000. The summed E-state index contributed by atoms with van der Waals surface area (Å²) in [6, 6.07) is 10.8. The van der Waals surface area contributed by atoms with Crippen molar-refractivity contribution in [2.24, 2.45) is 0 Å². The molecule has 0 aliphatic heterocycles. The molecule has 0 N–H and O–H groups in total. The lowest BCUT2D eigenvalue weighted by atomic mass is 10.4. The van der Waals surface area contributed by atoms with E-state index in [4.69, 9.17) is 0 Å². The molecule has 0 spiro atoms. The van der Waals surface area contributed by atoms with Gasteiger partial charge in [-0.25, -0.2) is 0 Å². The van der Waals surface area contributed by atoms with Crippen LogP contribution in [0.2, 0.25) is 5.54 Å². The van der Waals surface area contributed by atoms with Gasteiger partial charge in [-0.3, -0.25) is 4.70 Å². The minimum Gasteiger partial charge on any atom is -0.269 e. The molecular formula is C9H15FSi. The van der Waals surface area contributed by atoms with Crippen LogP contribution in [0.4, 0.5) is 4.70 Å². The molecule has 0 bridgehead atoms. The molecule has 0 saturated heterocycles. The van der Waals surface area contributed by atoms with Gasteiger partial charge in [-0.05, 0) is 0 Å². The summed E-state index contributed by atoms with van der Waals surface area (Å²) in [6.07, 6.45) is 0. The Labute approximate surface area is 69.8 Å². The van der Waals surface area contributed by atoms with Gasteiger partial charge in [-0.15, -0.1) is 0 Å². The van der Waals surface area contributed by atoms with Crippen molar-refractivity contribution in [2.45, 2.75) is 19.4 Å². The second-order valence-corrected chi connectivity index (χ2v) is 5.94. The molecule has 1 aromatic rings. The average molecular weight is 170 g/mol. The van der Waals surface area contributed by atoms with Crippen LogP contribution in [0.15, 0.2) is 30.3 Å². The summed E-state index contributed by atoms with van der Waals surface area (Å²) in [4.78, 5) is 0. The van der Waals surface area contributed by atoms with Crippen molar-refractivity contribution in [3.05, 3.63) is 30.3 Å². The second kappa shape index (κ2) is 5.08. The molecule has 0 saturated carbocycles. The predicted molar refractivity (Wildman–Crippen MR) is 52.2 cm³/mol. The van der Waals surface area contributed by atoms with Gasteiger partial charge in [-0.2, -0.15) is 0 Å². The number of halogens is 1. The van der Waals surface area contributed by atoms with E-state index in [9.17, 15) is 0 Å². The first-order valence-corrected chi connectivity index (χ1v) is 5.35. The van der Waals surface area contributed by atoms with Crippen molar-refractivity contribution in [1.82, 2.24) is 0 Å². The molecule has 0 radical (unpaired) electrons. The van der Waals surface area contributed by atoms with E-state index in [1.165, 1.54) is 0 Å². The molecule has 62 valence electrons. The molecule has 0 heterocycles. The van der Waals surface area contributed by atoms with E-state index >= 15 is 0 Å². The zero-order valence-corrected chi connectivity index (χ0v) is 8.49. The Morgan fingerprint density at radius 1 is 1.09 bits per heavy atom. The van der Waals surface area contributed by atoms with Gasteiger partial charge in [0, 0.05) is 0 Å². The molecule has 0 atom stereocenters. The van der Waals surface area contributed by atoms with Crippen LogP contribution in [0.25, 0.3) is 0 Å². The first kappa shape index (κ1) is 10.4. The maximum absolute atomic E-state index is 2.30. The van der Waals surface area contributed by atoms with E-state index < -0.39 is 0 Å². The molecular weight excluding hydrogens is 155 g/mol. The SMILES string of the molecule is CC(C)[SiH2]c1ccccc1.F. The second-order valence-electron chi connectivity index (χ2n) is 3.08. The summed E-state index contributed by atoms with van der Waals surface area (Å²) < 4.78 is 0. The Bertz CT molecular complexity index is 184. The molecule has 0 nitrogen and oxygen atoms in total. The number of hydrogen-bond acceptors (Lipinski definition) is 0. The fourth-order valence-electron chi connectivity index (χ4n) is 1.09. The van der Waals surface area contributed by atoms with Gasteiger partial charge in [0.25, 0.3) is 0 Å². The maximum Gasteiger partial charge on any atom is 0.0572 e. The first-order chi connectivity index (χ1) is 4.79. The first-order valence-electron chi connectivity index (χ1n) is 3.83. The van der Waals surface area contributed by atoms with Crippen molar-refractivity contribution in [3.63, 3.8) is 0 Å². The number of benzene rings is 1. The molecule has 1 rings (SSSR count). The predicted octanol–water partition coefficient (Wildman–Crippen LogP) is 1.46. The van der Waals surface area contributed by atoms with E-state index in [0.717, 1.165) is 5.54 Å². The lowest BCUT2D eigenvalue weighted by molar-refractivity contribution is 1.07. The van der Waals surface area contributed by atoms with E-state index in [1.807, 2.05) is 0 Å². The summed E-state index contributed by atoms with van der Waals surface area (Å²) in [5.74, 6) is 0. The third kappa shape index (κ3) is 3.93. The highest BCUT2D eigenvalue weighted by atomic mass is 28.2. The van der Waals surface area contributed by atoms with Crippen LogP contribution < -0.4 is 5.19 Å². The zero-order chi connectivity index (χ0) is 7.40.